The maximum absolute atomic E-state index is 12.0. The molecule has 0 radical (unpaired) electrons. The minimum Gasteiger partial charge on any atom is -0.461 e. The fraction of sp³-hybridized carbons (Fsp3) is 0.450. The summed E-state index contributed by atoms with van der Waals surface area (Å²) in [6.45, 7) is 0.795. The molecule has 0 unspecified atom stereocenters. The Labute approximate surface area is 182 Å². The first-order valence-electron chi connectivity index (χ1n) is 9.54. The highest BCUT2D eigenvalue weighted by Gasteiger charge is 2.37. The van der Waals surface area contributed by atoms with Crippen LogP contribution in [-0.4, -0.2) is 77.5 Å². The van der Waals surface area contributed by atoms with Gasteiger partial charge in [0.2, 0.25) is 12.2 Å². The Kier molecular flexibility index (Phi) is 8.55. The second-order valence-corrected chi connectivity index (χ2v) is 7.16. The molecule has 2 aromatic rings. The number of benzene rings is 1. The van der Waals surface area contributed by atoms with Gasteiger partial charge in [-0.05, 0) is 12.1 Å². The predicted molar refractivity (Wildman–Crippen MR) is 110 cm³/mol. The van der Waals surface area contributed by atoms with E-state index in [9.17, 15) is 29.7 Å². The lowest BCUT2D eigenvalue weighted by Crippen LogP contribution is -2.51. The first-order chi connectivity index (χ1) is 15.0. The van der Waals surface area contributed by atoms with E-state index < -0.39 is 42.9 Å². The average Bonchev–Trinajstić information content (AvgIpc) is 2.70. The number of carbonyl (C=O) groups excluding carboxylic acids is 2. The first kappa shape index (κ1) is 25.1. The van der Waals surface area contributed by atoms with Crippen LogP contribution in [0.15, 0.2) is 33.5 Å². The molecule has 12 heteroatoms. The van der Waals surface area contributed by atoms with Crippen LogP contribution >= 0.6 is 0 Å². The Hall–Kier alpha value is -3.19. The van der Waals surface area contributed by atoms with Crippen molar-refractivity contribution in [3.8, 4) is 11.5 Å². The molecule has 2 amide bonds. The molecule has 1 saturated heterocycles. The number of nitrogens with two attached hydrogens (primary N) is 1. The van der Waals surface area contributed by atoms with E-state index in [2.05, 4.69) is 5.73 Å². The van der Waals surface area contributed by atoms with E-state index >= 15 is 0 Å². The quantitative estimate of drug-likeness (QED) is 0.442. The summed E-state index contributed by atoms with van der Waals surface area (Å²) in [6, 6.07) is 5.58. The Morgan fingerprint density at radius 1 is 1.22 bits per heavy atom. The third-order valence-corrected chi connectivity index (χ3v) is 4.22. The topological polar surface area (TPSA) is 182 Å². The summed E-state index contributed by atoms with van der Waals surface area (Å²) >= 11 is 0. The van der Waals surface area contributed by atoms with Crippen molar-refractivity contribution >= 4 is 23.0 Å². The average molecular weight is 454 g/mol. The summed E-state index contributed by atoms with van der Waals surface area (Å²) in [5.74, 6) is -0.257. The largest absolute Gasteiger partial charge is 0.461 e. The number of carbonyl (C=O) groups is 2. The number of aliphatic hydroxyl groups is 3. The summed E-state index contributed by atoms with van der Waals surface area (Å²) in [5.41, 5.74) is 4.10. The fourth-order valence-corrected chi connectivity index (χ4v) is 2.72. The number of rotatable bonds is 4. The van der Waals surface area contributed by atoms with E-state index in [4.69, 9.17) is 18.6 Å². The zero-order valence-corrected chi connectivity index (χ0v) is 17.8. The van der Waals surface area contributed by atoms with Gasteiger partial charge in [0.1, 0.15) is 17.8 Å². The molecule has 1 aromatic heterocycles. The number of nitrogens with zero attached hydrogens (tertiary/aromatic N) is 1. The summed E-state index contributed by atoms with van der Waals surface area (Å²) in [7, 11) is 3.00. The molecule has 0 spiro atoms. The third-order valence-electron chi connectivity index (χ3n) is 4.22. The van der Waals surface area contributed by atoms with Crippen LogP contribution in [0.1, 0.15) is 13.3 Å². The molecule has 176 valence electrons. The van der Waals surface area contributed by atoms with Crippen molar-refractivity contribution in [3.05, 3.63) is 34.7 Å². The van der Waals surface area contributed by atoms with Crippen LogP contribution < -0.4 is 20.8 Å². The minimum absolute atomic E-state index is 0.0229. The Bertz CT molecular complexity index is 1000. The van der Waals surface area contributed by atoms with Gasteiger partial charge >= 0.3 is 11.7 Å². The molecule has 4 atom stereocenters. The summed E-state index contributed by atoms with van der Waals surface area (Å²) in [4.78, 5) is 33.9. The number of hydrogen-bond acceptors (Lipinski definition) is 10. The second-order valence-electron chi connectivity index (χ2n) is 7.16. The first-order valence-corrected chi connectivity index (χ1v) is 9.54. The van der Waals surface area contributed by atoms with Gasteiger partial charge in [-0.15, -0.1) is 0 Å². The van der Waals surface area contributed by atoms with Crippen LogP contribution in [0.2, 0.25) is 0 Å². The standard InChI is InChI=1S/C18H21NO9.C2H5NO/c1-19(2)18(24)28-13-7-11-9(3-4-15(22)25-11)5-12(13)26-16-6-10(21)17(23)14(8-20)27-16;1-2(3)4/h3-5,7,10,14,16-17,20-21,23H,6,8H2,1-2H3;1H3,(H2,3,4)/t10-,14-,16-,17+;/m1./s1. The number of aliphatic hydroxyl groups excluding tert-OH is 3. The Morgan fingerprint density at radius 2 is 1.88 bits per heavy atom. The third kappa shape index (κ3) is 6.65. The minimum atomic E-state index is -1.25. The van der Waals surface area contributed by atoms with Gasteiger partial charge in [0.05, 0.1) is 12.7 Å². The van der Waals surface area contributed by atoms with Gasteiger partial charge in [-0.25, -0.2) is 9.59 Å². The molecule has 5 N–H and O–H groups in total. The van der Waals surface area contributed by atoms with Gasteiger partial charge in [-0.1, -0.05) is 0 Å². The van der Waals surface area contributed by atoms with Crippen LogP contribution in [0.25, 0.3) is 11.0 Å². The molecule has 12 nitrogen and oxygen atoms in total. The Balaban J connectivity index is 0.000000837. The van der Waals surface area contributed by atoms with Crippen molar-refractivity contribution in [2.24, 2.45) is 5.73 Å². The lowest BCUT2D eigenvalue weighted by Gasteiger charge is -2.36. The fourth-order valence-electron chi connectivity index (χ4n) is 2.72. The van der Waals surface area contributed by atoms with Crippen LogP contribution in [0.4, 0.5) is 4.79 Å². The predicted octanol–water partition coefficient (Wildman–Crippen LogP) is -0.447. The Morgan fingerprint density at radius 3 is 2.47 bits per heavy atom. The van der Waals surface area contributed by atoms with E-state index in [1.165, 1.54) is 50.2 Å². The van der Waals surface area contributed by atoms with Gasteiger partial charge in [0, 0.05) is 45.0 Å². The highest BCUT2D eigenvalue weighted by atomic mass is 16.7. The van der Waals surface area contributed by atoms with Gasteiger partial charge in [-0.2, -0.15) is 0 Å². The second kappa shape index (κ2) is 10.9. The van der Waals surface area contributed by atoms with Gasteiger partial charge in [0.15, 0.2) is 11.5 Å². The maximum Gasteiger partial charge on any atom is 0.414 e. The molecule has 0 saturated carbocycles. The summed E-state index contributed by atoms with van der Waals surface area (Å²) < 4.78 is 21.6. The van der Waals surface area contributed by atoms with Crippen LogP contribution in [0.5, 0.6) is 11.5 Å². The van der Waals surface area contributed by atoms with Crippen molar-refractivity contribution < 1.29 is 43.5 Å². The lowest BCUT2D eigenvalue weighted by molar-refractivity contribution is -0.230. The van der Waals surface area contributed by atoms with Crippen molar-refractivity contribution in [3.63, 3.8) is 0 Å². The molecule has 3 rings (SSSR count). The number of fused-ring (bicyclic) bond motifs is 1. The normalized spacial score (nSPS) is 22.4. The highest BCUT2D eigenvalue weighted by molar-refractivity contribution is 5.82. The zero-order valence-electron chi connectivity index (χ0n) is 17.8. The smallest absolute Gasteiger partial charge is 0.414 e. The van der Waals surface area contributed by atoms with E-state index in [1.54, 1.807) is 0 Å². The number of amides is 2. The summed E-state index contributed by atoms with van der Waals surface area (Å²) in [6.07, 6.45) is -5.21. The molecule has 0 bridgehead atoms. The molecular weight excluding hydrogens is 428 g/mol. The molecule has 1 aromatic carbocycles. The van der Waals surface area contributed by atoms with Crippen molar-refractivity contribution in [1.82, 2.24) is 4.90 Å². The van der Waals surface area contributed by atoms with Crippen LogP contribution in [0, 0.1) is 0 Å². The van der Waals surface area contributed by atoms with Crippen molar-refractivity contribution in [1.29, 1.82) is 0 Å². The van der Waals surface area contributed by atoms with E-state index in [-0.39, 0.29) is 29.4 Å². The number of hydrogen-bond donors (Lipinski definition) is 4. The monoisotopic (exact) mass is 454 g/mol. The number of ether oxygens (including phenoxy) is 3. The van der Waals surface area contributed by atoms with Gasteiger partial charge < -0.3 is 44.6 Å². The van der Waals surface area contributed by atoms with E-state index in [0.29, 0.717) is 5.39 Å². The van der Waals surface area contributed by atoms with Gasteiger partial charge in [-0.3, -0.25) is 4.79 Å². The lowest BCUT2D eigenvalue weighted by atomic mass is 10.0. The molecule has 1 fully saturated rings. The maximum atomic E-state index is 12.0. The van der Waals surface area contributed by atoms with Crippen molar-refractivity contribution in [2.45, 2.75) is 37.9 Å². The van der Waals surface area contributed by atoms with E-state index in [0.717, 1.165) is 0 Å². The molecule has 2 heterocycles. The molecule has 1 aliphatic rings. The van der Waals surface area contributed by atoms with Crippen molar-refractivity contribution in [2.75, 3.05) is 20.7 Å². The molecule has 32 heavy (non-hydrogen) atoms. The van der Waals surface area contributed by atoms with Crippen LogP contribution in [-0.2, 0) is 9.53 Å². The SMILES string of the molecule is CC(N)=O.CN(C)C(=O)Oc1cc2oc(=O)ccc2cc1O[C@H]1C[C@@H](O)[C@H](O)[C@@H](CO)O1. The highest BCUT2D eigenvalue weighted by Crippen LogP contribution is 2.35. The van der Waals surface area contributed by atoms with Gasteiger partial charge in [0.25, 0.3) is 0 Å². The molecule has 1 aliphatic heterocycles. The summed E-state index contributed by atoms with van der Waals surface area (Å²) in [5, 5.41) is 29.6. The number of primary amides is 1. The molecule has 0 aliphatic carbocycles. The van der Waals surface area contributed by atoms with E-state index in [1.807, 2.05) is 0 Å². The zero-order chi connectivity index (χ0) is 24.0. The molecular formula is C20H26N2O10. The van der Waals surface area contributed by atoms with Crippen LogP contribution in [0.3, 0.4) is 0 Å².